The number of furan rings is 1. The Morgan fingerprint density at radius 1 is 1.35 bits per heavy atom. The first-order valence-electron chi connectivity index (χ1n) is 6.17. The maximum Gasteiger partial charge on any atom is 0.315 e. The zero-order valence-electron chi connectivity index (χ0n) is 11.1. The summed E-state index contributed by atoms with van der Waals surface area (Å²) < 4.78 is 5.74. The summed E-state index contributed by atoms with van der Waals surface area (Å²) in [5, 5.41) is 12.7. The minimum Gasteiger partial charge on any atom is -0.481 e. The molecule has 0 atom stereocenters. The van der Waals surface area contributed by atoms with E-state index in [4.69, 9.17) is 4.42 Å². The van der Waals surface area contributed by atoms with Crippen molar-refractivity contribution in [2.24, 2.45) is 0 Å². The number of hydrogen-bond donors (Lipinski definition) is 1. The van der Waals surface area contributed by atoms with Crippen LogP contribution in [0.4, 0.5) is 0 Å². The van der Waals surface area contributed by atoms with Crippen LogP contribution in [0, 0.1) is 0 Å². The predicted molar refractivity (Wildman–Crippen MR) is 78.0 cm³/mol. The number of nitrogens with zero attached hydrogens (tertiary/aromatic N) is 1. The van der Waals surface area contributed by atoms with Crippen molar-refractivity contribution in [2.45, 2.75) is 19.3 Å². The van der Waals surface area contributed by atoms with Crippen LogP contribution in [0.25, 0.3) is 21.7 Å². The van der Waals surface area contributed by atoms with Gasteiger partial charge in [0.1, 0.15) is 11.0 Å². The van der Waals surface area contributed by atoms with Gasteiger partial charge in [-0.25, -0.2) is 4.98 Å². The second-order valence-corrected chi connectivity index (χ2v) is 5.97. The van der Waals surface area contributed by atoms with Crippen LogP contribution in [0.15, 0.2) is 40.1 Å². The third kappa shape index (κ3) is 2.00. The summed E-state index contributed by atoms with van der Waals surface area (Å²) >= 11 is 1.39. The molecule has 0 aliphatic carbocycles. The number of carbonyl (C=O) groups is 1. The van der Waals surface area contributed by atoms with Crippen molar-refractivity contribution in [3.8, 4) is 10.8 Å². The molecule has 0 bridgehead atoms. The van der Waals surface area contributed by atoms with Crippen molar-refractivity contribution in [1.29, 1.82) is 0 Å². The molecule has 0 radical (unpaired) electrons. The number of hydrogen-bond acceptors (Lipinski definition) is 4. The largest absolute Gasteiger partial charge is 0.481 e. The molecule has 0 saturated heterocycles. The Morgan fingerprint density at radius 3 is 2.80 bits per heavy atom. The fourth-order valence-corrected chi connectivity index (χ4v) is 2.81. The van der Waals surface area contributed by atoms with E-state index in [9.17, 15) is 9.90 Å². The molecule has 4 nitrogen and oxygen atoms in total. The molecule has 0 saturated carbocycles. The zero-order valence-corrected chi connectivity index (χ0v) is 11.9. The van der Waals surface area contributed by atoms with Gasteiger partial charge in [-0.1, -0.05) is 18.2 Å². The van der Waals surface area contributed by atoms with Crippen LogP contribution in [-0.2, 0) is 10.2 Å². The SMILES string of the molecule is CC(C)(C(=O)O)c1csc(-c2cc3ccccc3o2)n1. The van der Waals surface area contributed by atoms with Crippen molar-refractivity contribution in [3.05, 3.63) is 41.4 Å². The Balaban J connectivity index is 2.03. The van der Waals surface area contributed by atoms with E-state index in [0.717, 1.165) is 11.0 Å². The lowest BCUT2D eigenvalue weighted by atomic mass is 9.90. The van der Waals surface area contributed by atoms with E-state index in [1.54, 1.807) is 19.2 Å². The quantitative estimate of drug-likeness (QED) is 0.793. The fourth-order valence-electron chi connectivity index (χ4n) is 1.87. The van der Waals surface area contributed by atoms with E-state index in [0.29, 0.717) is 16.5 Å². The molecule has 0 aliphatic rings. The van der Waals surface area contributed by atoms with Gasteiger partial charge in [-0.2, -0.15) is 0 Å². The predicted octanol–water partition coefficient (Wildman–Crippen LogP) is 3.92. The van der Waals surface area contributed by atoms with Crippen LogP contribution in [-0.4, -0.2) is 16.1 Å². The number of benzene rings is 1. The molecule has 5 heteroatoms. The van der Waals surface area contributed by atoms with Gasteiger partial charge in [0, 0.05) is 10.8 Å². The van der Waals surface area contributed by atoms with Crippen molar-refractivity contribution >= 4 is 28.3 Å². The highest BCUT2D eigenvalue weighted by Crippen LogP contribution is 2.33. The van der Waals surface area contributed by atoms with E-state index in [1.807, 2.05) is 30.3 Å². The maximum atomic E-state index is 11.2. The second-order valence-electron chi connectivity index (χ2n) is 5.12. The lowest BCUT2D eigenvalue weighted by Crippen LogP contribution is -2.28. The molecule has 0 amide bonds. The highest BCUT2D eigenvalue weighted by atomic mass is 32.1. The number of aliphatic carboxylic acids is 1. The Kier molecular flexibility index (Phi) is 2.87. The summed E-state index contributed by atoms with van der Waals surface area (Å²) in [6.45, 7) is 3.29. The topological polar surface area (TPSA) is 63.3 Å². The average Bonchev–Trinajstić information content (AvgIpc) is 3.05. The van der Waals surface area contributed by atoms with E-state index in [1.165, 1.54) is 11.3 Å². The number of rotatable bonds is 3. The molecule has 1 aromatic carbocycles. The number of carboxylic acids is 1. The molecule has 1 N–H and O–H groups in total. The number of para-hydroxylation sites is 1. The summed E-state index contributed by atoms with van der Waals surface area (Å²) in [6.07, 6.45) is 0. The van der Waals surface area contributed by atoms with Gasteiger partial charge < -0.3 is 9.52 Å². The number of fused-ring (bicyclic) bond motifs is 1. The summed E-state index contributed by atoms with van der Waals surface area (Å²) in [5.74, 6) is -0.220. The highest BCUT2D eigenvalue weighted by molar-refractivity contribution is 7.13. The maximum absolute atomic E-state index is 11.2. The van der Waals surface area contributed by atoms with Gasteiger partial charge in [-0.3, -0.25) is 4.79 Å². The van der Waals surface area contributed by atoms with Crippen molar-refractivity contribution in [1.82, 2.24) is 4.98 Å². The molecule has 20 heavy (non-hydrogen) atoms. The number of aromatic nitrogens is 1. The van der Waals surface area contributed by atoms with Crippen LogP contribution in [0.3, 0.4) is 0 Å². The third-order valence-corrected chi connectivity index (χ3v) is 4.17. The fraction of sp³-hybridized carbons (Fsp3) is 0.200. The van der Waals surface area contributed by atoms with Crippen LogP contribution < -0.4 is 0 Å². The van der Waals surface area contributed by atoms with E-state index in [2.05, 4.69) is 4.98 Å². The minimum absolute atomic E-state index is 0.547. The van der Waals surface area contributed by atoms with Crippen molar-refractivity contribution in [2.75, 3.05) is 0 Å². The van der Waals surface area contributed by atoms with E-state index < -0.39 is 11.4 Å². The van der Waals surface area contributed by atoms with E-state index in [-0.39, 0.29) is 0 Å². The zero-order chi connectivity index (χ0) is 14.3. The van der Waals surface area contributed by atoms with Crippen LogP contribution in [0.5, 0.6) is 0 Å². The summed E-state index contributed by atoms with van der Waals surface area (Å²) in [6, 6.07) is 9.65. The van der Waals surface area contributed by atoms with E-state index >= 15 is 0 Å². The van der Waals surface area contributed by atoms with Gasteiger partial charge in [0.05, 0.1) is 5.69 Å². The van der Waals surface area contributed by atoms with Gasteiger partial charge in [-0.15, -0.1) is 11.3 Å². The van der Waals surface area contributed by atoms with Gasteiger partial charge in [0.25, 0.3) is 0 Å². The molecular weight excluding hydrogens is 274 g/mol. The third-order valence-electron chi connectivity index (χ3n) is 3.32. The van der Waals surface area contributed by atoms with Crippen molar-refractivity contribution < 1.29 is 14.3 Å². The lowest BCUT2D eigenvalue weighted by molar-refractivity contribution is -0.142. The second kappa shape index (κ2) is 4.45. The molecular formula is C15H13NO3S. The Bertz CT molecular complexity index is 752. The number of carboxylic acid groups (broad SMARTS) is 1. The molecule has 2 aromatic heterocycles. The minimum atomic E-state index is -0.999. The Hall–Kier alpha value is -2.14. The van der Waals surface area contributed by atoms with Gasteiger partial charge in [-0.05, 0) is 26.0 Å². The van der Waals surface area contributed by atoms with Gasteiger partial charge in [0.2, 0.25) is 0 Å². The normalized spacial score (nSPS) is 11.9. The molecule has 0 spiro atoms. The van der Waals surface area contributed by atoms with Gasteiger partial charge >= 0.3 is 5.97 Å². The average molecular weight is 287 g/mol. The first-order chi connectivity index (χ1) is 9.48. The highest BCUT2D eigenvalue weighted by Gasteiger charge is 2.32. The lowest BCUT2D eigenvalue weighted by Gasteiger charge is -2.15. The Labute approximate surface area is 119 Å². The Morgan fingerprint density at radius 2 is 2.10 bits per heavy atom. The smallest absolute Gasteiger partial charge is 0.315 e. The monoisotopic (exact) mass is 287 g/mol. The van der Waals surface area contributed by atoms with Crippen LogP contribution in [0.1, 0.15) is 19.5 Å². The van der Waals surface area contributed by atoms with Crippen LogP contribution in [0.2, 0.25) is 0 Å². The van der Waals surface area contributed by atoms with Crippen LogP contribution >= 0.6 is 11.3 Å². The molecule has 102 valence electrons. The molecule has 0 fully saturated rings. The van der Waals surface area contributed by atoms with Crippen molar-refractivity contribution in [3.63, 3.8) is 0 Å². The molecule has 0 aliphatic heterocycles. The molecule has 2 heterocycles. The first-order valence-corrected chi connectivity index (χ1v) is 7.05. The molecule has 3 aromatic rings. The number of thiazole rings is 1. The standard InChI is InChI=1S/C15H13NO3S/c1-15(2,14(17)18)12-8-20-13(16-12)11-7-9-5-3-4-6-10(9)19-11/h3-8H,1-2H3,(H,17,18). The summed E-state index contributed by atoms with van der Waals surface area (Å²) in [5.41, 5.74) is 0.350. The molecule has 0 unspecified atom stereocenters. The molecule has 3 rings (SSSR count). The first kappa shape index (κ1) is 12.9. The summed E-state index contributed by atoms with van der Waals surface area (Å²) in [4.78, 5) is 15.7. The van der Waals surface area contributed by atoms with Gasteiger partial charge in [0.15, 0.2) is 10.8 Å². The summed E-state index contributed by atoms with van der Waals surface area (Å²) in [7, 11) is 0.